The lowest BCUT2D eigenvalue weighted by atomic mass is 9.85. The quantitative estimate of drug-likeness (QED) is 0.381. The van der Waals surface area contributed by atoms with Crippen molar-refractivity contribution in [2.45, 2.75) is 31.6 Å². The number of amides is 1. The molecule has 1 amide bonds. The van der Waals surface area contributed by atoms with Crippen LogP contribution in [-0.2, 0) is 4.79 Å². The van der Waals surface area contributed by atoms with E-state index in [4.69, 9.17) is 13.9 Å². The van der Waals surface area contributed by atoms with Gasteiger partial charge in [0.1, 0.15) is 28.2 Å². The van der Waals surface area contributed by atoms with Crippen molar-refractivity contribution in [3.05, 3.63) is 82.0 Å². The summed E-state index contributed by atoms with van der Waals surface area (Å²) in [4.78, 5) is 28.6. The maximum Gasteiger partial charge on any atom is 0.231 e. The number of aromatic hydroxyl groups is 2. The van der Waals surface area contributed by atoms with E-state index >= 15 is 0 Å². The highest BCUT2D eigenvalue weighted by Gasteiger charge is 2.31. The van der Waals surface area contributed by atoms with Gasteiger partial charge in [-0.3, -0.25) is 9.59 Å². The average Bonchev–Trinajstić information content (AvgIpc) is 3.41. The summed E-state index contributed by atoms with van der Waals surface area (Å²) in [7, 11) is 0. The maximum absolute atomic E-state index is 13.5. The van der Waals surface area contributed by atoms with Gasteiger partial charge in [0.25, 0.3) is 0 Å². The average molecular weight is 514 g/mol. The van der Waals surface area contributed by atoms with Gasteiger partial charge in [-0.2, -0.15) is 0 Å². The van der Waals surface area contributed by atoms with E-state index in [9.17, 15) is 19.8 Å². The Balaban J connectivity index is 1.55. The normalized spacial score (nSPS) is 15.5. The zero-order chi connectivity index (χ0) is 26.2. The molecule has 0 saturated carbocycles. The van der Waals surface area contributed by atoms with Gasteiger partial charge >= 0.3 is 0 Å². The van der Waals surface area contributed by atoms with E-state index in [0.29, 0.717) is 41.5 Å². The lowest BCUT2D eigenvalue weighted by Gasteiger charge is -2.29. The fourth-order valence-electron chi connectivity index (χ4n) is 5.37. The monoisotopic (exact) mass is 513 g/mol. The molecule has 3 heterocycles. The topological polar surface area (TPSA) is 109 Å². The van der Waals surface area contributed by atoms with Crippen LogP contribution < -0.4 is 14.9 Å². The zero-order valence-corrected chi connectivity index (χ0v) is 20.7. The van der Waals surface area contributed by atoms with Gasteiger partial charge in [0.15, 0.2) is 16.9 Å². The standard InChI is InChI=1S/C30H27NO7/c32-21-15-22(33)29-23(34)16-25(18-7-3-1-4-8-18)38-30(29)28(21)20(14-27(35)31-11-5-2-6-12-31)19-9-10-24-26(13-19)37-17-36-24/h1,3-4,7-10,13,15-16,20,32-33H,2,5-6,11-12,14,17H2/t20-/m1/s1. The van der Waals surface area contributed by atoms with E-state index in [-0.39, 0.29) is 47.2 Å². The molecule has 0 bridgehead atoms. The van der Waals surface area contributed by atoms with Crippen molar-refractivity contribution in [1.29, 1.82) is 0 Å². The van der Waals surface area contributed by atoms with Crippen molar-refractivity contribution in [1.82, 2.24) is 4.90 Å². The molecule has 8 heteroatoms. The molecule has 3 aromatic carbocycles. The third kappa shape index (κ3) is 4.32. The molecule has 2 N–H and O–H groups in total. The molecular formula is C30H27NO7. The lowest BCUT2D eigenvalue weighted by Crippen LogP contribution is -2.36. The van der Waals surface area contributed by atoms with Crippen LogP contribution in [0.1, 0.15) is 42.7 Å². The summed E-state index contributed by atoms with van der Waals surface area (Å²) < 4.78 is 17.3. The maximum atomic E-state index is 13.5. The van der Waals surface area contributed by atoms with Gasteiger partial charge in [-0.05, 0) is 37.0 Å². The van der Waals surface area contributed by atoms with Gasteiger partial charge in [0.2, 0.25) is 12.7 Å². The Morgan fingerprint density at radius 3 is 2.45 bits per heavy atom. The zero-order valence-electron chi connectivity index (χ0n) is 20.7. The fourth-order valence-corrected chi connectivity index (χ4v) is 5.37. The summed E-state index contributed by atoms with van der Waals surface area (Å²) in [6.45, 7) is 1.46. The molecule has 4 aromatic rings. The third-order valence-corrected chi connectivity index (χ3v) is 7.29. The van der Waals surface area contributed by atoms with Gasteiger partial charge < -0.3 is 29.0 Å². The van der Waals surface area contributed by atoms with Crippen LogP contribution in [0.4, 0.5) is 0 Å². The minimum absolute atomic E-state index is 0.0341. The van der Waals surface area contributed by atoms with Crippen molar-refractivity contribution >= 4 is 16.9 Å². The molecule has 0 aliphatic carbocycles. The second-order valence-corrected chi connectivity index (χ2v) is 9.68. The first kappa shape index (κ1) is 23.9. The molecule has 38 heavy (non-hydrogen) atoms. The Morgan fingerprint density at radius 1 is 0.895 bits per heavy atom. The number of hydrogen-bond acceptors (Lipinski definition) is 7. The highest BCUT2D eigenvalue weighted by molar-refractivity contribution is 5.91. The van der Waals surface area contributed by atoms with Gasteiger partial charge in [0, 0.05) is 48.7 Å². The molecule has 0 spiro atoms. The van der Waals surface area contributed by atoms with E-state index in [1.807, 2.05) is 41.3 Å². The van der Waals surface area contributed by atoms with Crippen LogP contribution in [0.2, 0.25) is 0 Å². The first-order chi connectivity index (χ1) is 18.5. The molecule has 2 aliphatic heterocycles. The number of phenols is 2. The van der Waals surface area contributed by atoms with Gasteiger partial charge in [-0.1, -0.05) is 36.4 Å². The molecule has 1 aromatic heterocycles. The predicted octanol–water partition coefficient (Wildman–Crippen LogP) is 5.13. The van der Waals surface area contributed by atoms with Crippen LogP contribution in [0.15, 0.2) is 69.9 Å². The van der Waals surface area contributed by atoms with Crippen LogP contribution in [0.5, 0.6) is 23.0 Å². The van der Waals surface area contributed by atoms with E-state index in [1.165, 1.54) is 6.07 Å². The minimum atomic E-state index is -0.684. The first-order valence-electron chi connectivity index (χ1n) is 12.7. The van der Waals surface area contributed by atoms with Crippen molar-refractivity contribution in [2.75, 3.05) is 19.9 Å². The summed E-state index contributed by atoms with van der Waals surface area (Å²) >= 11 is 0. The SMILES string of the molecule is O=C(C[C@H](c1ccc2c(c1)OCO2)c1c(O)cc(O)c2c(=O)cc(-c3ccccc3)oc12)N1CCCCC1. The number of fused-ring (bicyclic) bond motifs is 2. The Hall–Kier alpha value is -4.46. The number of piperidine rings is 1. The summed E-state index contributed by atoms with van der Waals surface area (Å²) in [5, 5.41) is 21.8. The molecular weight excluding hydrogens is 486 g/mol. The van der Waals surface area contributed by atoms with Crippen LogP contribution in [0.25, 0.3) is 22.3 Å². The second-order valence-electron chi connectivity index (χ2n) is 9.68. The Morgan fingerprint density at radius 2 is 1.66 bits per heavy atom. The number of benzene rings is 3. The van der Waals surface area contributed by atoms with Crippen LogP contribution in [0, 0.1) is 0 Å². The first-order valence-corrected chi connectivity index (χ1v) is 12.7. The highest BCUT2D eigenvalue weighted by Crippen LogP contribution is 2.45. The van der Waals surface area contributed by atoms with Crippen molar-refractivity contribution in [3.63, 3.8) is 0 Å². The molecule has 1 saturated heterocycles. The number of carbonyl (C=O) groups excluding carboxylic acids is 1. The van der Waals surface area contributed by atoms with Crippen molar-refractivity contribution < 1.29 is 28.9 Å². The smallest absolute Gasteiger partial charge is 0.231 e. The van der Waals surface area contributed by atoms with E-state index in [1.54, 1.807) is 12.1 Å². The third-order valence-electron chi connectivity index (χ3n) is 7.29. The number of rotatable bonds is 5. The van der Waals surface area contributed by atoms with Crippen molar-refractivity contribution in [3.8, 4) is 34.3 Å². The Labute approximate surface area is 218 Å². The predicted molar refractivity (Wildman–Crippen MR) is 141 cm³/mol. The van der Waals surface area contributed by atoms with Crippen LogP contribution >= 0.6 is 0 Å². The second kappa shape index (κ2) is 9.78. The molecule has 6 rings (SSSR count). The molecule has 2 aliphatic rings. The van der Waals surface area contributed by atoms with E-state index < -0.39 is 11.3 Å². The van der Waals surface area contributed by atoms with Gasteiger partial charge in [-0.15, -0.1) is 0 Å². The molecule has 1 fully saturated rings. The van der Waals surface area contributed by atoms with Gasteiger partial charge in [-0.25, -0.2) is 0 Å². The van der Waals surface area contributed by atoms with Crippen molar-refractivity contribution in [2.24, 2.45) is 0 Å². The number of phenolic OH excluding ortho intramolecular Hbond substituents is 2. The minimum Gasteiger partial charge on any atom is -0.507 e. The molecule has 8 nitrogen and oxygen atoms in total. The number of hydrogen-bond donors (Lipinski definition) is 2. The molecule has 0 radical (unpaired) electrons. The Kier molecular flexibility index (Phi) is 6.15. The van der Waals surface area contributed by atoms with Crippen LogP contribution in [0.3, 0.4) is 0 Å². The Bertz CT molecular complexity index is 1570. The summed E-state index contributed by atoms with van der Waals surface area (Å²) in [6.07, 6.45) is 3.02. The number of carbonyl (C=O) groups is 1. The highest BCUT2D eigenvalue weighted by atomic mass is 16.7. The van der Waals surface area contributed by atoms with Gasteiger partial charge in [0.05, 0.1) is 0 Å². The molecule has 194 valence electrons. The van der Waals surface area contributed by atoms with E-state index in [2.05, 4.69) is 0 Å². The van der Waals surface area contributed by atoms with E-state index in [0.717, 1.165) is 25.3 Å². The summed E-state index contributed by atoms with van der Waals surface area (Å²) in [5.41, 5.74) is 1.22. The largest absolute Gasteiger partial charge is 0.507 e. The fraction of sp³-hybridized carbons (Fsp3) is 0.267. The summed E-state index contributed by atoms with van der Waals surface area (Å²) in [5.74, 6) is 0.0187. The summed E-state index contributed by atoms with van der Waals surface area (Å²) in [6, 6.07) is 17.0. The molecule has 0 unspecified atom stereocenters. The van der Waals surface area contributed by atoms with Crippen LogP contribution in [-0.4, -0.2) is 40.9 Å². The lowest BCUT2D eigenvalue weighted by molar-refractivity contribution is -0.132. The number of nitrogens with zero attached hydrogens (tertiary/aromatic N) is 1. The number of likely N-dealkylation sites (tertiary alicyclic amines) is 1. The number of ether oxygens (including phenoxy) is 2. The molecule has 1 atom stereocenters.